The van der Waals surface area contributed by atoms with Gasteiger partial charge < -0.3 is 9.84 Å². The maximum Gasteiger partial charge on any atom is 0.119 e. The van der Waals surface area contributed by atoms with Gasteiger partial charge in [0.15, 0.2) is 0 Å². The van der Waals surface area contributed by atoms with Gasteiger partial charge in [-0.15, -0.1) is 0 Å². The van der Waals surface area contributed by atoms with Crippen LogP contribution in [0.3, 0.4) is 0 Å². The summed E-state index contributed by atoms with van der Waals surface area (Å²) in [5.74, 6) is 0.875. The number of ether oxygens (including phenoxy) is 1. The summed E-state index contributed by atoms with van der Waals surface area (Å²) in [6, 6.07) is 7.62. The Morgan fingerprint density at radius 3 is 2.27 bits per heavy atom. The summed E-state index contributed by atoms with van der Waals surface area (Å²) in [6.45, 7) is 5.98. The van der Waals surface area contributed by atoms with Gasteiger partial charge in [-0.1, -0.05) is 25.5 Å². The van der Waals surface area contributed by atoms with Crippen LogP contribution in [-0.4, -0.2) is 11.2 Å². The number of benzene rings is 1. The Hall–Kier alpha value is -1.02. The second-order valence-corrected chi connectivity index (χ2v) is 3.96. The molecular weight excluding hydrogens is 188 g/mol. The van der Waals surface area contributed by atoms with Gasteiger partial charge in [0.25, 0.3) is 0 Å². The molecule has 0 bridgehead atoms. The van der Waals surface area contributed by atoms with Crippen molar-refractivity contribution in [2.45, 2.75) is 45.8 Å². The molecule has 1 aromatic carbocycles. The normalized spacial score (nSPS) is 14.7. The molecule has 0 saturated carbocycles. The quantitative estimate of drug-likeness (QED) is 0.804. The molecule has 0 aliphatic rings. The molecule has 0 fully saturated rings. The molecule has 0 radical (unpaired) electrons. The zero-order chi connectivity index (χ0) is 11.3. The SMILES string of the molecule is CCCC(C)Oc1ccc([C@H](C)O)cc1. The van der Waals surface area contributed by atoms with Gasteiger partial charge in [0.1, 0.15) is 5.75 Å². The number of aliphatic hydroxyl groups is 1. The van der Waals surface area contributed by atoms with E-state index < -0.39 is 6.10 Å². The summed E-state index contributed by atoms with van der Waals surface area (Å²) in [4.78, 5) is 0. The van der Waals surface area contributed by atoms with Crippen molar-refractivity contribution >= 4 is 0 Å². The molecule has 0 heterocycles. The van der Waals surface area contributed by atoms with E-state index in [0.29, 0.717) is 0 Å². The molecular formula is C13H20O2. The Kier molecular flexibility index (Phi) is 4.63. The van der Waals surface area contributed by atoms with Crippen LogP contribution in [-0.2, 0) is 0 Å². The first-order chi connectivity index (χ1) is 7.13. The highest BCUT2D eigenvalue weighted by Gasteiger charge is 2.04. The van der Waals surface area contributed by atoms with Gasteiger partial charge in [-0.25, -0.2) is 0 Å². The van der Waals surface area contributed by atoms with Crippen molar-refractivity contribution in [3.05, 3.63) is 29.8 Å². The van der Waals surface area contributed by atoms with Crippen molar-refractivity contribution in [3.8, 4) is 5.75 Å². The van der Waals surface area contributed by atoms with Crippen LogP contribution in [0.1, 0.15) is 45.3 Å². The highest BCUT2D eigenvalue weighted by atomic mass is 16.5. The number of hydrogen-bond donors (Lipinski definition) is 1. The molecule has 0 amide bonds. The minimum absolute atomic E-state index is 0.257. The van der Waals surface area contributed by atoms with Crippen molar-refractivity contribution in [3.63, 3.8) is 0 Å². The summed E-state index contributed by atoms with van der Waals surface area (Å²) < 4.78 is 5.71. The van der Waals surface area contributed by atoms with Crippen LogP contribution in [0.2, 0.25) is 0 Å². The minimum atomic E-state index is -0.410. The third kappa shape index (κ3) is 3.92. The fourth-order valence-corrected chi connectivity index (χ4v) is 1.52. The lowest BCUT2D eigenvalue weighted by molar-refractivity contribution is 0.197. The van der Waals surface area contributed by atoms with E-state index in [-0.39, 0.29) is 6.10 Å². The van der Waals surface area contributed by atoms with Gasteiger partial charge in [-0.2, -0.15) is 0 Å². The fourth-order valence-electron chi connectivity index (χ4n) is 1.52. The molecule has 1 N–H and O–H groups in total. The second-order valence-electron chi connectivity index (χ2n) is 3.96. The Balaban J connectivity index is 2.56. The molecule has 0 aliphatic carbocycles. The molecule has 15 heavy (non-hydrogen) atoms. The molecule has 2 nitrogen and oxygen atoms in total. The lowest BCUT2D eigenvalue weighted by Gasteiger charge is -2.14. The fraction of sp³-hybridized carbons (Fsp3) is 0.538. The lowest BCUT2D eigenvalue weighted by atomic mass is 10.1. The third-order valence-corrected chi connectivity index (χ3v) is 2.39. The molecule has 2 heteroatoms. The van der Waals surface area contributed by atoms with E-state index in [1.54, 1.807) is 6.92 Å². The van der Waals surface area contributed by atoms with E-state index in [9.17, 15) is 5.11 Å². The summed E-state index contributed by atoms with van der Waals surface area (Å²) in [5, 5.41) is 9.34. The molecule has 1 unspecified atom stereocenters. The van der Waals surface area contributed by atoms with Crippen molar-refractivity contribution in [1.29, 1.82) is 0 Å². The highest BCUT2D eigenvalue weighted by Crippen LogP contribution is 2.18. The van der Waals surface area contributed by atoms with Gasteiger partial charge in [-0.05, 0) is 38.0 Å². The Morgan fingerprint density at radius 2 is 1.80 bits per heavy atom. The molecule has 0 aliphatic heterocycles. The van der Waals surface area contributed by atoms with Gasteiger partial charge in [0, 0.05) is 0 Å². The predicted molar refractivity (Wildman–Crippen MR) is 62.1 cm³/mol. The van der Waals surface area contributed by atoms with E-state index in [1.807, 2.05) is 24.3 Å². The standard InChI is InChI=1S/C13H20O2/c1-4-5-10(2)15-13-8-6-12(7-9-13)11(3)14/h6-11,14H,4-5H2,1-3H3/t10?,11-/m0/s1. The second kappa shape index (κ2) is 5.76. The van der Waals surface area contributed by atoms with Crippen LogP contribution in [0.5, 0.6) is 5.75 Å². The van der Waals surface area contributed by atoms with E-state index in [0.717, 1.165) is 24.2 Å². The molecule has 84 valence electrons. The topological polar surface area (TPSA) is 29.5 Å². The molecule has 0 aromatic heterocycles. The Morgan fingerprint density at radius 1 is 1.20 bits per heavy atom. The predicted octanol–water partition coefficient (Wildman–Crippen LogP) is 3.31. The van der Waals surface area contributed by atoms with E-state index in [2.05, 4.69) is 13.8 Å². The summed E-state index contributed by atoms with van der Waals surface area (Å²) in [5.41, 5.74) is 0.922. The van der Waals surface area contributed by atoms with Gasteiger partial charge in [-0.3, -0.25) is 0 Å². The van der Waals surface area contributed by atoms with Crippen molar-refractivity contribution in [1.82, 2.24) is 0 Å². The first kappa shape index (κ1) is 12.1. The summed E-state index contributed by atoms with van der Waals surface area (Å²) in [6.07, 6.45) is 2.05. The van der Waals surface area contributed by atoms with Crippen molar-refractivity contribution in [2.75, 3.05) is 0 Å². The minimum Gasteiger partial charge on any atom is -0.491 e. The van der Waals surface area contributed by atoms with Crippen LogP contribution in [0, 0.1) is 0 Å². The average molecular weight is 208 g/mol. The summed E-state index contributed by atoms with van der Waals surface area (Å²) in [7, 11) is 0. The maximum atomic E-state index is 9.34. The number of rotatable bonds is 5. The number of hydrogen-bond acceptors (Lipinski definition) is 2. The smallest absolute Gasteiger partial charge is 0.119 e. The van der Waals surface area contributed by atoms with Gasteiger partial charge >= 0.3 is 0 Å². The zero-order valence-electron chi connectivity index (χ0n) is 9.73. The lowest BCUT2D eigenvalue weighted by Crippen LogP contribution is -2.10. The van der Waals surface area contributed by atoms with Crippen LogP contribution in [0.15, 0.2) is 24.3 Å². The van der Waals surface area contributed by atoms with Gasteiger partial charge in [0.05, 0.1) is 12.2 Å². The molecule has 0 spiro atoms. The van der Waals surface area contributed by atoms with E-state index in [4.69, 9.17) is 4.74 Å². The third-order valence-electron chi connectivity index (χ3n) is 2.39. The first-order valence-electron chi connectivity index (χ1n) is 5.58. The maximum absolute atomic E-state index is 9.34. The van der Waals surface area contributed by atoms with Crippen molar-refractivity contribution < 1.29 is 9.84 Å². The van der Waals surface area contributed by atoms with Crippen LogP contribution >= 0.6 is 0 Å². The first-order valence-corrected chi connectivity index (χ1v) is 5.58. The van der Waals surface area contributed by atoms with Gasteiger partial charge in [0.2, 0.25) is 0 Å². The van der Waals surface area contributed by atoms with E-state index in [1.165, 1.54) is 0 Å². The average Bonchev–Trinajstić information content (AvgIpc) is 2.18. The Labute approximate surface area is 91.9 Å². The number of aliphatic hydroxyl groups excluding tert-OH is 1. The molecule has 1 rings (SSSR count). The Bertz CT molecular complexity index is 277. The molecule has 2 atom stereocenters. The van der Waals surface area contributed by atoms with Crippen LogP contribution in [0.25, 0.3) is 0 Å². The van der Waals surface area contributed by atoms with E-state index >= 15 is 0 Å². The zero-order valence-corrected chi connectivity index (χ0v) is 9.73. The largest absolute Gasteiger partial charge is 0.491 e. The molecule has 0 saturated heterocycles. The molecule has 1 aromatic rings. The van der Waals surface area contributed by atoms with Crippen molar-refractivity contribution in [2.24, 2.45) is 0 Å². The van der Waals surface area contributed by atoms with Crippen LogP contribution < -0.4 is 4.74 Å². The monoisotopic (exact) mass is 208 g/mol. The highest BCUT2D eigenvalue weighted by molar-refractivity contribution is 5.28. The van der Waals surface area contributed by atoms with Crippen LogP contribution in [0.4, 0.5) is 0 Å². The summed E-state index contributed by atoms with van der Waals surface area (Å²) >= 11 is 0.